The van der Waals surface area contributed by atoms with Gasteiger partial charge in [0.05, 0.1) is 13.2 Å². The van der Waals surface area contributed by atoms with Gasteiger partial charge in [0.15, 0.2) is 0 Å². The van der Waals surface area contributed by atoms with Crippen molar-refractivity contribution in [3.05, 3.63) is 5.82 Å². The molecule has 1 heterocycles. The van der Waals surface area contributed by atoms with Crippen LogP contribution in [0, 0.1) is 6.92 Å². The van der Waals surface area contributed by atoms with Gasteiger partial charge in [-0.05, 0) is 6.92 Å². The largest absolute Gasteiger partial charge is 0.383 e. The fraction of sp³-hybridized carbons (Fsp3) is 0.667. The van der Waals surface area contributed by atoms with Crippen LogP contribution in [0.4, 0.5) is 5.95 Å². The molecule has 1 aromatic heterocycles. The summed E-state index contributed by atoms with van der Waals surface area (Å²) in [5, 5.41) is 7.51. The normalized spacial score (nSPS) is 9.50. The summed E-state index contributed by atoms with van der Waals surface area (Å²) < 4.78 is 6.70. The Morgan fingerprint density at radius 2 is 2.17 bits per heavy atom. The zero-order valence-corrected chi connectivity index (χ0v) is 7.97. The van der Waals surface area contributed by atoms with Crippen LogP contribution in [-0.2, 0) is 11.3 Å². The van der Waals surface area contributed by atoms with E-state index in [0.717, 1.165) is 5.82 Å². The summed E-state index contributed by atoms with van der Waals surface area (Å²) in [6.45, 7) is 3.20. The molecular formula is C6H13ClN4O. The number of halogens is 1. The van der Waals surface area contributed by atoms with Gasteiger partial charge in [0, 0.05) is 7.11 Å². The Morgan fingerprint density at radius 3 is 2.58 bits per heavy atom. The summed E-state index contributed by atoms with van der Waals surface area (Å²) in [5.41, 5.74) is 5.52. The highest BCUT2D eigenvalue weighted by Gasteiger charge is 2.02. The first-order valence-corrected chi connectivity index (χ1v) is 3.40. The molecule has 70 valence electrons. The van der Waals surface area contributed by atoms with Crippen LogP contribution >= 0.6 is 12.4 Å². The number of anilines is 1. The van der Waals surface area contributed by atoms with Crippen molar-refractivity contribution < 1.29 is 4.74 Å². The highest BCUT2D eigenvalue weighted by molar-refractivity contribution is 5.85. The molecular weight excluding hydrogens is 180 g/mol. The van der Waals surface area contributed by atoms with E-state index < -0.39 is 0 Å². The minimum Gasteiger partial charge on any atom is -0.383 e. The number of ether oxygens (including phenoxy) is 1. The molecule has 0 atom stereocenters. The number of nitrogen functional groups attached to an aromatic ring is 1. The Labute approximate surface area is 77.3 Å². The molecule has 1 aromatic rings. The number of hydrogen-bond acceptors (Lipinski definition) is 4. The van der Waals surface area contributed by atoms with Crippen molar-refractivity contribution in [2.75, 3.05) is 19.5 Å². The summed E-state index contributed by atoms with van der Waals surface area (Å²) >= 11 is 0. The van der Waals surface area contributed by atoms with E-state index in [-0.39, 0.29) is 12.4 Å². The average Bonchev–Trinajstić information content (AvgIpc) is 2.29. The molecule has 5 nitrogen and oxygen atoms in total. The molecule has 0 aliphatic heterocycles. The van der Waals surface area contributed by atoms with Gasteiger partial charge in [0.25, 0.3) is 0 Å². The van der Waals surface area contributed by atoms with E-state index in [0.29, 0.717) is 19.1 Å². The van der Waals surface area contributed by atoms with Gasteiger partial charge in [-0.25, -0.2) is 0 Å². The number of hydrogen-bond donors (Lipinski definition) is 1. The van der Waals surface area contributed by atoms with Crippen LogP contribution in [0.2, 0.25) is 0 Å². The van der Waals surface area contributed by atoms with Crippen LogP contribution < -0.4 is 5.73 Å². The topological polar surface area (TPSA) is 66.0 Å². The SMILES string of the molecule is COCCn1c(C)nnc1N.Cl. The van der Waals surface area contributed by atoms with Crippen LogP contribution in [0.1, 0.15) is 5.82 Å². The van der Waals surface area contributed by atoms with Crippen LogP contribution in [0.15, 0.2) is 0 Å². The maximum atomic E-state index is 5.52. The fourth-order valence-corrected chi connectivity index (χ4v) is 0.856. The predicted octanol–water partition coefficient (Wildman–Crippen LogP) is 0.237. The van der Waals surface area contributed by atoms with Crippen molar-refractivity contribution in [2.24, 2.45) is 0 Å². The van der Waals surface area contributed by atoms with E-state index in [2.05, 4.69) is 10.2 Å². The highest BCUT2D eigenvalue weighted by atomic mass is 35.5. The third kappa shape index (κ3) is 2.35. The molecule has 2 N–H and O–H groups in total. The maximum Gasteiger partial charge on any atom is 0.222 e. The van der Waals surface area contributed by atoms with Gasteiger partial charge in [0.1, 0.15) is 5.82 Å². The second kappa shape index (κ2) is 4.95. The zero-order chi connectivity index (χ0) is 8.27. The van der Waals surface area contributed by atoms with E-state index in [1.807, 2.05) is 11.5 Å². The molecule has 0 spiro atoms. The summed E-state index contributed by atoms with van der Waals surface area (Å²) in [6, 6.07) is 0. The lowest BCUT2D eigenvalue weighted by molar-refractivity contribution is 0.187. The monoisotopic (exact) mass is 192 g/mol. The summed E-state index contributed by atoms with van der Waals surface area (Å²) in [6.07, 6.45) is 0. The van der Waals surface area contributed by atoms with Crippen LogP contribution in [0.3, 0.4) is 0 Å². The first-order chi connectivity index (χ1) is 5.25. The van der Waals surface area contributed by atoms with E-state index in [1.54, 1.807) is 7.11 Å². The van der Waals surface area contributed by atoms with Crippen LogP contribution in [0.25, 0.3) is 0 Å². The quantitative estimate of drug-likeness (QED) is 0.745. The van der Waals surface area contributed by atoms with Gasteiger partial charge in [0.2, 0.25) is 5.95 Å². The molecule has 0 amide bonds. The van der Waals surface area contributed by atoms with Gasteiger partial charge < -0.3 is 10.5 Å². The number of rotatable bonds is 3. The standard InChI is InChI=1S/C6H12N4O.ClH/c1-5-8-9-6(7)10(5)3-4-11-2;/h3-4H2,1-2H3,(H2,7,9);1H. The van der Waals surface area contributed by atoms with Gasteiger partial charge in [-0.1, -0.05) is 0 Å². The molecule has 0 aliphatic carbocycles. The van der Waals surface area contributed by atoms with Gasteiger partial charge in [-0.3, -0.25) is 4.57 Å². The van der Waals surface area contributed by atoms with Gasteiger partial charge in [-0.2, -0.15) is 0 Å². The number of nitrogens with zero attached hydrogens (tertiary/aromatic N) is 3. The van der Waals surface area contributed by atoms with Gasteiger partial charge in [-0.15, -0.1) is 22.6 Å². The van der Waals surface area contributed by atoms with Crippen molar-refractivity contribution >= 4 is 18.4 Å². The first kappa shape index (κ1) is 11.2. The average molecular weight is 193 g/mol. The minimum atomic E-state index is 0. The molecule has 0 radical (unpaired) electrons. The van der Waals surface area contributed by atoms with Crippen molar-refractivity contribution in [1.29, 1.82) is 0 Å². The third-order valence-electron chi connectivity index (χ3n) is 1.48. The molecule has 0 bridgehead atoms. The molecule has 0 unspecified atom stereocenters. The Balaban J connectivity index is 0.00000121. The highest BCUT2D eigenvalue weighted by Crippen LogP contribution is 2.00. The summed E-state index contributed by atoms with van der Waals surface area (Å²) in [5.74, 6) is 1.26. The Hall–Kier alpha value is -0.810. The van der Waals surface area contributed by atoms with Crippen LogP contribution in [0.5, 0.6) is 0 Å². The Morgan fingerprint density at radius 1 is 1.50 bits per heavy atom. The fourth-order valence-electron chi connectivity index (χ4n) is 0.856. The van der Waals surface area contributed by atoms with Crippen molar-refractivity contribution in [1.82, 2.24) is 14.8 Å². The molecule has 0 saturated carbocycles. The second-order valence-electron chi connectivity index (χ2n) is 2.25. The lowest BCUT2D eigenvalue weighted by Crippen LogP contribution is -2.09. The number of methoxy groups -OCH3 is 1. The molecule has 1 rings (SSSR count). The first-order valence-electron chi connectivity index (χ1n) is 3.40. The number of aryl methyl sites for hydroxylation is 1. The van der Waals surface area contributed by atoms with Crippen LogP contribution in [-0.4, -0.2) is 28.5 Å². The summed E-state index contributed by atoms with van der Waals surface area (Å²) in [7, 11) is 1.65. The predicted molar refractivity (Wildman–Crippen MR) is 48.3 cm³/mol. The molecule has 0 saturated heterocycles. The van der Waals surface area contributed by atoms with E-state index in [9.17, 15) is 0 Å². The molecule has 0 aromatic carbocycles. The molecule has 6 heteroatoms. The van der Waals surface area contributed by atoms with Crippen molar-refractivity contribution in [3.8, 4) is 0 Å². The molecule has 0 fully saturated rings. The Bertz CT molecular complexity index is 218. The lowest BCUT2D eigenvalue weighted by atomic mass is 10.6. The second-order valence-corrected chi connectivity index (χ2v) is 2.25. The smallest absolute Gasteiger partial charge is 0.222 e. The lowest BCUT2D eigenvalue weighted by Gasteiger charge is -2.03. The zero-order valence-electron chi connectivity index (χ0n) is 7.15. The Kier molecular flexibility index (Phi) is 4.61. The van der Waals surface area contributed by atoms with E-state index >= 15 is 0 Å². The van der Waals surface area contributed by atoms with Gasteiger partial charge >= 0.3 is 0 Å². The van der Waals surface area contributed by atoms with E-state index in [1.165, 1.54) is 0 Å². The van der Waals surface area contributed by atoms with Crippen molar-refractivity contribution in [2.45, 2.75) is 13.5 Å². The van der Waals surface area contributed by atoms with Crippen molar-refractivity contribution in [3.63, 3.8) is 0 Å². The number of nitrogens with two attached hydrogens (primary N) is 1. The van der Waals surface area contributed by atoms with E-state index in [4.69, 9.17) is 10.5 Å². The maximum absolute atomic E-state index is 5.52. The molecule has 12 heavy (non-hydrogen) atoms. The third-order valence-corrected chi connectivity index (χ3v) is 1.48. The number of aromatic nitrogens is 3. The summed E-state index contributed by atoms with van der Waals surface area (Å²) in [4.78, 5) is 0. The molecule has 0 aliphatic rings. The minimum absolute atomic E-state index is 0.